The molecule has 0 aliphatic carbocycles. The topological polar surface area (TPSA) is 90.4 Å². The molecule has 0 radical (unpaired) electrons. The van der Waals surface area contributed by atoms with Gasteiger partial charge in [0.15, 0.2) is 11.5 Å². The smallest absolute Gasteiger partial charge is 0.259 e. The lowest BCUT2D eigenvalue weighted by Crippen LogP contribution is -2.25. The van der Waals surface area contributed by atoms with Crippen LogP contribution in [0.4, 0.5) is 5.69 Å². The van der Waals surface area contributed by atoms with E-state index < -0.39 is 0 Å². The van der Waals surface area contributed by atoms with Crippen molar-refractivity contribution in [1.82, 2.24) is 5.43 Å². The highest BCUT2D eigenvalue weighted by atomic mass is 16.5. The molecule has 0 atom stereocenters. The Balaban J connectivity index is 1.95. The second kappa shape index (κ2) is 9.91. The summed E-state index contributed by atoms with van der Waals surface area (Å²) in [4.78, 5) is 11.9. The number of hydrogen-bond acceptors (Lipinski definition) is 7. The van der Waals surface area contributed by atoms with E-state index in [0.717, 1.165) is 11.4 Å². The number of amides is 1. The van der Waals surface area contributed by atoms with E-state index in [-0.39, 0.29) is 12.5 Å². The third kappa shape index (κ3) is 5.27. The van der Waals surface area contributed by atoms with Crippen LogP contribution < -0.4 is 29.7 Å². The molecule has 0 aliphatic heterocycles. The van der Waals surface area contributed by atoms with E-state index in [1.807, 2.05) is 24.3 Å². The summed E-state index contributed by atoms with van der Waals surface area (Å²) in [5, 5.41) is 6.96. The van der Waals surface area contributed by atoms with Gasteiger partial charge >= 0.3 is 0 Å². The van der Waals surface area contributed by atoms with Crippen LogP contribution in [-0.4, -0.2) is 47.1 Å². The van der Waals surface area contributed by atoms with Crippen molar-refractivity contribution in [3.05, 3.63) is 42.0 Å². The molecule has 0 fully saturated rings. The normalized spacial score (nSPS) is 10.4. The molecule has 0 spiro atoms. The molecule has 0 saturated carbocycles. The average Bonchev–Trinajstić information content (AvgIpc) is 2.71. The van der Waals surface area contributed by atoms with Crippen LogP contribution in [0.25, 0.3) is 0 Å². The highest BCUT2D eigenvalue weighted by Gasteiger charge is 2.14. The Morgan fingerprint density at radius 2 is 1.63 bits per heavy atom. The summed E-state index contributed by atoms with van der Waals surface area (Å²) in [6, 6.07) is 10.7. The summed E-state index contributed by atoms with van der Waals surface area (Å²) >= 11 is 0. The lowest BCUT2D eigenvalue weighted by Gasteiger charge is -2.13. The summed E-state index contributed by atoms with van der Waals surface area (Å²) < 4.78 is 21.0. The zero-order valence-corrected chi connectivity index (χ0v) is 15.7. The summed E-state index contributed by atoms with van der Waals surface area (Å²) in [7, 11) is 6.18. The van der Waals surface area contributed by atoms with Gasteiger partial charge in [-0.25, -0.2) is 5.43 Å². The second-order valence-electron chi connectivity index (χ2n) is 5.30. The molecule has 1 amide bonds. The van der Waals surface area contributed by atoms with Crippen molar-refractivity contribution < 1.29 is 23.7 Å². The first-order chi connectivity index (χ1) is 13.1. The number of carbonyl (C=O) groups excluding carboxylic acids is 1. The van der Waals surface area contributed by atoms with E-state index in [1.165, 1.54) is 20.4 Å². The number of hydrazone groups is 1. The maximum absolute atomic E-state index is 11.9. The monoisotopic (exact) mass is 373 g/mol. The average molecular weight is 373 g/mol. The Bertz CT molecular complexity index is 791. The van der Waals surface area contributed by atoms with Crippen LogP contribution in [0.1, 0.15) is 5.56 Å². The predicted octanol–water partition coefficient (Wildman–Crippen LogP) is 2.28. The van der Waals surface area contributed by atoms with Crippen LogP contribution in [0, 0.1) is 0 Å². The quantitative estimate of drug-likeness (QED) is 0.518. The summed E-state index contributed by atoms with van der Waals surface area (Å²) in [6.07, 6.45) is 1.48. The minimum atomic E-state index is -0.290. The van der Waals surface area contributed by atoms with Crippen molar-refractivity contribution in [2.45, 2.75) is 0 Å². The van der Waals surface area contributed by atoms with Crippen molar-refractivity contribution >= 4 is 17.8 Å². The van der Waals surface area contributed by atoms with E-state index in [4.69, 9.17) is 18.9 Å². The zero-order valence-electron chi connectivity index (χ0n) is 15.7. The minimum Gasteiger partial charge on any atom is -0.497 e. The van der Waals surface area contributed by atoms with Gasteiger partial charge in [-0.15, -0.1) is 0 Å². The SMILES string of the molecule is COc1ccc(NCC(=O)N/N=C\c2ccc(OC)c(OC)c2OC)cc1. The van der Waals surface area contributed by atoms with Gasteiger partial charge in [-0.1, -0.05) is 0 Å². The summed E-state index contributed by atoms with van der Waals surface area (Å²) in [5.41, 5.74) is 3.90. The Hall–Kier alpha value is -3.42. The number of rotatable bonds is 9. The molecule has 8 nitrogen and oxygen atoms in total. The van der Waals surface area contributed by atoms with Crippen molar-refractivity contribution in [2.75, 3.05) is 40.3 Å². The van der Waals surface area contributed by atoms with Gasteiger partial charge in [-0.2, -0.15) is 5.10 Å². The number of benzene rings is 2. The summed E-state index contributed by atoms with van der Waals surface area (Å²) in [6.45, 7) is 0.0761. The number of ether oxygens (including phenoxy) is 4. The van der Waals surface area contributed by atoms with Gasteiger partial charge in [0.25, 0.3) is 5.91 Å². The minimum absolute atomic E-state index is 0.0761. The second-order valence-corrected chi connectivity index (χ2v) is 5.30. The molecule has 0 aromatic heterocycles. The van der Waals surface area contributed by atoms with Gasteiger partial charge < -0.3 is 24.3 Å². The van der Waals surface area contributed by atoms with E-state index >= 15 is 0 Å². The van der Waals surface area contributed by atoms with E-state index in [0.29, 0.717) is 22.8 Å². The number of carbonyl (C=O) groups is 1. The molecular weight excluding hydrogens is 350 g/mol. The van der Waals surface area contributed by atoms with Gasteiger partial charge in [0, 0.05) is 11.3 Å². The maximum atomic E-state index is 11.9. The van der Waals surface area contributed by atoms with Gasteiger partial charge in [-0.3, -0.25) is 4.79 Å². The molecule has 144 valence electrons. The van der Waals surface area contributed by atoms with Crippen LogP contribution >= 0.6 is 0 Å². The lowest BCUT2D eigenvalue weighted by molar-refractivity contribution is -0.119. The first kappa shape index (κ1) is 19.9. The first-order valence-corrected chi connectivity index (χ1v) is 8.11. The molecule has 2 aromatic rings. The third-order valence-corrected chi connectivity index (χ3v) is 3.67. The van der Waals surface area contributed by atoms with Gasteiger partial charge in [-0.05, 0) is 36.4 Å². The van der Waals surface area contributed by atoms with Crippen molar-refractivity contribution in [3.63, 3.8) is 0 Å². The number of nitrogens with zero attached hydrogens (tertiary/aromatic N) is 1. The van der Waals surface area contributed by atoms with Crippen LogP contribution in [0.5, 0.6) is 23.0 Å². The number of nitrogens with one attached hydrogen (secondary N) is 2. The standard InChI is InChI=1S/C19H23N3O5/c1-24-15-8-6-14(7-9-15)20-12-17(23)22-21-11-13-5-10-16(25-2)19(27-4)18(13)26-3/h5-11,20H,12H2,1-4H3,(H,22,23)/b21-11-. The highest BCUT2D eigenvalue weighted by Crippen LogP contribution is 2.38. The number of anilines is 1. The van der Waals surface area contributed by atoms with E-state index in [9.17, 15) is 4.79 Å². The van der Waals surface area contributed by atoms with Crippen molar-refractivity contribution in [3.8, 4) is 23.0 Å². The third-order valence-electron chi connectivity index (χ3n) is 3.67. The van der Waals surface area contributed by atoms with Crippen LogP contribution in [0.3, 0.4) is 0 Å². The molecule has 2 rings (SSSR count). The zero-order chi connectivity index (χ0) is 19.6. The molecule has 2 N–H and O–H groups in total. The fourth-order valence-electron chi connectivity index (χ4n) is 2.33. The van der Waals surface area contributed by atoms with Crippen LogP contribution in [0.15, 0.2) is 41.5 Å². The molecule has 0 saturated heterocycles. The van der Waals surface area contributed by atoms with Gasteiger partial charge in [0.05, 0.1) is 41.2 Å². The largest absolute Gasteiger partial charge is 0.497 e. The highest BCUT2D eigenvalue weighted by molar-refractivity contribution is 5.88. The molecule has 27 heavy (non-hydrogen) atoms. The van der Waals surface area contributed by atoms with E-state index in [1.54, 1.807) is 26.4 Å². The Morgan fingerprint density at radius 3 is 2.22 bits per heavy atom. The molecule has 0 heterocycles. The molecule has 2 aromatic carbocycles. The Morgan fingerprint density at radius 1 is 0.926 bits per heavy atom. The van der Waals surface area contributed by atoms with E-state index in [2.05, 4.69) is 15.8 Å². The fraction of sp³-hybridized carbons (Fsp3) is 0.263. The predicted molar refractivity (Wildman–Crippen MR) is 103 cm³/mol. The Kier molecular flexibility index (Phi) is 7.30. The molecule has 0 unspecified atom stereocenters. The first-order valence-electron chi connectivity index (χ1n) is 8.11. The van der Waals surface area contributed by atoms with Crippen molar-refractivity contribution in [1.29, 1.82) is 0 Å². The van der Waals surface area contributed by atoms with Gasteiger partial charge in [0.1, 0.15) is 5.75 Å². The molecule has 8 heteroatoms. The molecule has 0 aliphatic rings. The summed E-state index contributed by atoms with van der Waals surface area (Å²) in [5.74, 6) is 1.92. The number of methoxy groups -OCH3 is 4. The lowest BCUT2D eigenvalue weighted by atomic mass is 10.2. The molecule has 0 bridgehead atoms. The van der Waals surface area contributed by atoms with Crippen LogP contribution in [-0.2, 0) is 4.79 Å². The van der Waals surface area contributed by atoms with Crippen LogP contribution in [0.2, 0.25) is 0 Å². The van der Waals surface area contributed by atoms with Crippen molar-refractivity contribution in [2.24, 2.45) is 5.10 Å². The fourth-order valence-corrected chi connectivity index (χ4v) is 2.33. The Labute approximate surface area is 158 Å². The maximum Gasteiger partial charge on any atom is 0.259 e. The number of hydrogen-bond donors (Lipinski definition) is 2. The van der Waals surface area contributed by atoms with Gasteiger partial charge in [0.2, 0.25) is 5.75 Å². The molecular formula is C19H23N3O5.